The van der Waals surface area contributed by atoms with Crippen LogP contribution in [-0.2, 0) is 0 Å². The fourth-order valence-electron chi connectivity index (χ4n) is 6.81. The third-order valence-electron chi connectivity index (χ3n) is 8.99. The highest BCUT2D eigenvalue weighted by molar-refractivity contribution is 6.09. The molecule has 9 aromatic rings. The second kappa shape index (κ2) is 10.3. The molecule has 0 radical (unpaired) electrons. The third kappa shape index (κ3) is 4.22. The van der Waals surface area contributed by atoms with Gasteiger partial charge in [-0.05, 0) is 55.8 Å². The molecule has 2 heterocycles. The number of hydrogen-bond acceptors (Lipinski definition) is 1. The Hall–Kier alpha value is -5.99. The van der Waals surface area contributed by atoms with Crippen molar-refractivity contribution in [2.75, 3.05) is 0 Å². The lowest BCUT2D eigenvalue weighted by Gasteiger charge is -2.11. The molecule has 0 saturated carbocycles. The van der Waals surface area contributed by atoms with Crippen LogP contribution in [0, 0.1) is 0 Å². The first-order valence-corrected chi connectivity index (χ1v) is 15.4. The Labute approximate surface area is 261 Å². The molecule has 0 N–H and O–H groups in total. The normalized spacial score (nSPS) is 11.6. The van der Waals surface area contributed by atoms with Gasteiger partial charge in [0.2, 0.25) is 0 Å². The van der Waals surface area contributed by atoms with Crippen molar-refractivity contribution in [2.45, 2.75) is 0 Å². The van der Waals surface area contributed by atoms with Crippen molar-refractivity contribution >= 4 is 37.8 Å². The zero-order chi connectivity index (χ0) is 29.7. The fourth-order valence-corrected chi connectivity index (χ4v) is 6.81. The van der Waals surface area contributed by atoms with E-state index in [2.05, 4.69) is 174 Å². The molecule has 2 aromatic heterocycles. The van der Waals surface area contributed by atoms with E-state index in [9.17, 15) is 0 Å². The number of pyridine rings is 1. The van der Waals surface area contributed by atoms with Gasteiger partial charge >= 0.3 is 0 Å². The molecule has 9 rings (SSSR count). The van der Waals surface area contributed by atoms with E-state index in [1.165, 1.54) is 43.4 Å². The van der Waals surface area contributed by atoms with Gasteiger partial charge in [-0.25, -0.2) is 4.52 Å². The quantitative estimate of drug-likeness (QED) is 0.205. The van der Waals surface area contributed by atoms with Gasteiger partial charge in [0.05, 0.1) is 11.2 Å². The summed E-state index contributed by atoms with van der Waals surface area (Å²) in [6.45, 7) is 0. The average Bonchev–Trinajstić information content (AvgIpc) is 3.52. The van der Waals surface area contributed by atoms with E-state index >= 15 is 0 Å². The largest absolute Gasteiger partial charge is 0.231 e. The summed E-state index contributed by atoms with van der Waals surface area (Å²) in [5.41, 5.74) is 10.1. The molecule has 0 aliphatic rings. The molecule has 0 aliphatic carbocycles. The number of fused-ring (bicyclic) bond motifs is 5. The highest BCUT2D eigenvalue weighted by atomic mass is 15.2. The van der Waals surface area contributed by atoms with Crippen molar-refractivity contribution in [1.29, 1.82) is 0 Å². The first-order valence-electron chi connectivity index (χ1n) is 15.4. The predicted molar refractivity (Wildman–Crippen MR) is 189 cm³/mol. The van der Waals surface area contributed by atoms with Gasteiger partial charge in [0.15, 0.2) is 0 Å². The number of aromatic nitrogens is 2. The molecule has 7 aromatic carbocycles. The SMILES string of the molecule is c1ccc(-c2cc3ccccc3c3c(-c4ccc5ccccc5c4)c(-c4ccc(-c5cccc6ccccc56)cc4)nn23)cc1. The summed E-state index contributed by atoms with van der Waals surface area (Å²) in [5.74, 6) is 0. The van der Waals surface area contributed by atoms with Crippen molar-refractivity contribution in [2.24, 2.45) is 0 Å². The molecule has 2 nitrogen and oxygen atoms in total. The molecule has 2 heteroatoms. The maximum Gasteiger partial charge on any atom is 0.101 e. The Morgan fingerprint density at radius 2 is 1.00 bits per heavy atom. The van der Waals surface area contributed by atoms with Gasteiger partial charge in [0.25, 0.3) is 0 Å². The summed E-state index contributed by atoms with van der Waals surface area (Å²) in [7, 11) is 0. The molecular formula is C43H28N2. The first-order chi connectivity index (χ1) is 22.3. The predicted octanol–water partition coefficient (Wildman–Crippen LogP) is 11.5. The van der Waals surface area contributed by atoms with Crippen molar-refractivity contribution in [3.63, 3.8) is 0 Å². The maximum atomic E-state index is 5.43. The van der Waals surface area contributed by atoms with E-state index in [-0.39, 0.29) is 0 Å². The lowest BCUT2D eigenvalue weighted by atomic mass is 9.93. The Bertz CT molecular complexity index is 2520. The van der Waals surface area contributed by atoms with Gasteiger partial charge in [-0.3, -0.25) is 0 Å². The minimum atomic E-state index is 0.975. The van der Waals surface area contributed by atoms with E-state index in [0.717, 1.165) is 39.2 Å². The van der Waals surface area contributed by atoms with E-state index in [4.69, 9.17) is 5.10 Å². The molecule has 210 valence electrons. The summed E-state index contributed by atoms with van der Waals surface area (Å²) >= 11 is 0. The van der Waals surface area contributed by atoms with Crippen LogP contribution in [0.4, 0.5) is 0 Å². The maximum absolute atomic E-state index is 5.43. The van der Waals surface area contributed by atoms with Crippen molar-refractivity contribution in [3.05, 3.63) is 170 Å². The Morgan fingerprint density at radius 1 is 0.378 bits per heavy atom. The van der Waals surface area contributed by atoms with Crippen LogP contribution in [0.2, 0.25) is 0 Å². The molecule has 0 fully saturated rings. The average molecular weight is 573 g/mol. The molecule has 45 heavy (non-hydrogen) atoms. The zero-order valence-corrected chi connectivity index (χ0v) is 24.6. The van der Waals surface area contributed by atoms with Crippen molar-refractivity contribution < 1.29 is 0 Å². The van der Waals surface area contributed by atoms with E-state index < -0.39 is 0 Å². The second-order valence-electron chi connectivity index (χ2n) is 11.6. The lowest BCUT2D eigenvalue weighted by Crippen LogP contribution is -1.95. The molecule has 0 spiro atoms. The monoisotopic (exact) mass is 572 g/mol. The van der Waals surface area contributed by atoms with Gasteiger partial charge in [-0.2, -0.15) is 5.10 Å². The smallest absolute Gasteiger partial charge is 0.101 e. The van der Waals surface area contributed by atoms with Gasteiger partial charge in [0.1, 0.15) is 5.69 Å². The molecule has 0 atom stereocenters. The standard InChI is InChI=1S/C43H28N2/c1-2-13-32(14-3-1)40-28-35-16-7-9-19-39(35)43-41(36-26-21-29-11-4-5-15-34(29)27-36)42(44-45(40)43)33-24-22-31(23-25-33)38-20-10-17-30-12-6-8-18-37(30)38/h1-28H. The summed E-state index contributed by atoms with van der Waals surface area (Å²) < 4.78 is 2.16. The van der Waals surface area contributed by atoms with Crippen LogP contribution < -0.4 is 0 Å². The van der Waals surface area contributed by atoms with E-state index in [1.807, 2.05) is 0 Å². The van der Waals surface area contributed by atoms with Crippen LogP contribution in [0.25, 0.3) is 82.6 Å². The second-order valence-corrected chi connectivity index (χ2v) is 11.6. The molecule has 0 aliphatic heterocycles. The zero-order valence-electron chi connectivity index (χ0n) is 24.6. The summed E-state index contributed by atoms with van der Waals surface area (Å²) in [5, 5.41) is 12.8. The van der Waals surface area contributed by atoms with Gasteiger partial charge in [-0.1, -0.05) is 158 Å². The molecular weight excluding hydrogens is 544 g/mol. The van der Waals surface area contributed by atoms with Crippen LogP contribution in [-0.4, -0.2) is 9.61 Å². The number of rotatable bonds is 4. The minimum Gasteiger partial charge on any atom is -0.231 e. The lowest BCUT2D eigenvalue weighted by molar-refractivity contribution is 0.979. The summed E-state index contributed by atoms with van der Waals surface area (Å²) in [6.07, 6.45) is 0. The molecule has 0 bridgehead atoms. The van der Waals surface area contributed by atoms with Crippen molar-refractivity contribution in [1.82, 2.24) is 9.61 Å². The molecule has 0 amide bonds. The summed E-state index contributed by atoms with van der Waals surface area (Å²) in [6, 6.07) is 60.9. The van der Waals surface area contributed by atoms with E-state index in [0.29, 0.717) is 0 Å². The topological polar surface area (TPSA) is 17.3 Å². The van der Waals surface area contributed by atoms with Crippen molar-refractivity contribution in [3.8, 4) is 44.8 Å². The highest BCUT2D eigenvalue weighted by Gasteiger charge is 2.22. The first kappa shape index (κ1) is 25.5. The van der Waals surface area contributed by atoms with Crippen LogP contribution in [0.1, 0.15) is 0 Å². The van der Waals surface area contributed by atoms with Gasteiger partial charge in [0, 0.05) is 22.1 Å². The fraction of sp³-hybridized carbons (Fsp3) is 0. The van der Waals surface area contributed by atoms with Crippen LogP contribution >= 0.6 is 0 Å². The minimum absolute atomic E-state index is 0.975. The van der Waals surface area contributed by atoms with Crippen LogP contribution in [0.3, 0.4) is 0 Å². The third-order valence-corrected chi connectivity index (χ3v) is 8.99. The number of hydrogen-bond donors (Lipinski definition) is 0. The Balaban J connectivity index is 1.33. The van der Waals surface area contributed by atoms with E-state index in [1.54, 1.807) is 0 Å². The molecule has 0 saturated heterocycles. The highest BCUT2D eigenvalue weighted by Crippen LogP contribution is 2.42. The van der Waals surface area contributed by atoms with Crippen LogP contribution in [0.15, 0.2) is 170 Å². The number of benzene rings is 7. The Kier molecular flexibility index (Phi) is 5.85. The van der Waals surface area contributed by atoms with Gasteiger partial charge < -0.3 is 0 Å². The van der Waals surface area contributed by atoms with Crippen LogP contribution in [0.5, 0.6) is 0 Å². The number of nitrogens with zero attached hydrogens (tertiary/aromatic N) is 2. The Morgan fingerprint density at radius 3 is 1.82 bits per heavy atom. The molecule has 0 unspecified atom stereocenters. The van der Waals surface area contributed by atoms with Gasteiger partial charge in [-0.15, -0.1) is 0 Å². The summed E-state index contributed by atoms with van der Waals surface area (Å²) in [4.78, 5) is 0.